The summed E-state index contributed by atoms with van der Waals surface area (Å²) < 4.78 is 0. The van der Waals surface area contributed by atoms with E-state index in [4.69, 9.17) is 0 Å². The number of rotatable bonds is 0. The fourth-order valence-corrected chi connectivity index (χ4v) is 1.13. The van der Waals surface area contributed by atoms with Crippen molar-refractivity contribution in [3.05, 3.63) is 66.2 Å². The van der Waals surface area contributed by atoms with Gasteiger partial charge in [-0.05, 0) is 19.1 Å². The van der Waals surface area contributed by atoms with Gasteiger partial charge in [0.1, 0.15) is 0 Å². The molecule has 0 fully saturated rings. The SMILES string of the molecule is Cc1ccccc1.Sc1ccccc1.[Ag]. The Morgan fingerprint density at radius 1 is 0.733 bits per heavy atom. The van der Waals surface area contributed by atoms with E-state index in [0.29, 0.717) is 0 Å². The largest absolute Gasteiger partial charge is 0.143 e. The molecule has 0 saturated heterocycles. The van der Waals surface area contributed by atoms with Gasteiger partial charge in [-0.2, -0.15) is 0 Å². The minimum absolute atomic E-state index is 0. The Labute approximate surface area is 113 Å². The molecule has 0 spiro atoms. The standard InChI is InChI=1S/C7H8.C6H6S.Ag/c1-7-5-3-2-4-6-7;7-6-4-2-1-3-5-6;/h2-6H,1H3;1-5,7H;. The number of benzene rings is 2. The molecule has 0 atom stereocenters. The summed E-state index contributed by atoms with van der Waals surface area (Å²) in [4.78, 5) is 1.02. The van der Waals surface area contributed by atoms with Crippen LogP contribution in [0.5, 0.6) is 0 Å². The van der Waals surface area contributed by atoms with E-state index >= 15 is 0 Å². The first-order chi connectivity index (χ1) is 6.79. The van der Waals surface area contributed by atoms with E-state index in [0.717, 1.165) is 4.90 Å². The van der Waals surface area contributed by atoms with Crippen LogP contribution in [0.25, 0.3) is 0 Å². The molecule has 0 N–H and O–H groups in total. The van der Waals surface area contributed by atoms with Crippen LogP contribution in [0, 0.1) is 6.92 Å². The zero-order chi connectivity index (χ0) is 10.2. The molecule has 83 valence electrons. The average molecular weight is 310 g/mol. The Kier molecular flexibility index (Phi) is 8.53. The summed E-state index contributed by atoms with van der Waals surface area (Å²) >= 11 is 4.08. The van der Waals surface area contributed by atoms with Crippen LogP contribution in [0.4, 0.5) is 0 Å². The van der Waals surface area contributed by atoms with Crippen molar-refractivity contribution in [2.45, 2.75) is 11.8 Å². The molecular weight excluding hydrogens is 296 g/mol. The van der Waals surface area contributed by atoms with E-state index in [1.807, 2.05) is 48.5 Å². The normalized spacial score (nSPS) is 8.13. The van der Waals surface area contributed by atoms with E-state index in [1.54, 1.807) is 0 Å². The fraction of sp³-hybridized carbons (Fsp3) is 0.0769. The van der Waals surface area contributed by atoms with Gasteiger partial charge in [-0.1, -0.05) is 54.1 Å². The van der Waals surface area contributed by atoms with Crippen LogP contribution < -0.4 is 0 Å². The van der Waals surface area contributed by atoms with Crippen molar-refractivity contribution in [1.82, 2.24) is 0 Å². The summed E-state index contributed by atoms with van der Waals surface area (Å²) in [5.41, 5.74) is 1.32. The van der Waals surface area contributed by atoms with E-state index in [9.17, 15) is 0 Å². The van der Waals surface area contributed by atoms with Crippen molar-refractivity contribution in [2.75, 3.05) is 0 Å². The molecule has 0 aliphatic rings. The first kappa shape index (κ1) is 14.5. The third kappa shape index (κ3) is 7.46. The predicted molar refractivity (Wildman–Crippen MR) is 64.9 cm³/mol. The molecule has 1 radical (unpaired) electrons. The van der Waals surface area contributed by atoms with Gasteiger partial charge < -0.3 is 0 Å². The molecule has 0 bridgehead atoms. The van der Waals surface area contributed by atoms with E-state index in [1.165, 1.54) is 5.56 Å². The zero-order valence-corrected chi connectivity index (χ0v) is 10.9. The van der Waals surface area contributed by atoms with E-state index < -0.39 is 0 Å². The molecule has 2 aromatic carbocycles. The fourth-order valence-electron chi connectivity index (χ4n) is 0.962. The molecule has 2 heteroatoms. The summed E-state index contributed by atoms with van der Waals surface area (Å²) in [6, 6.07) is 20.0. The molecule has 0 aliphatic heterocycles. The second-order valence-electron chi connectivity index (χ2n) is 2.99. The molecule has 0 heterocycles. The summed E-state index contributed by atoms with van der Waals surface area (Å²) in [5.74, 6) is 0. The van der Waals surface area contributed by atoms with Crippen LogP contribution in [0.2, 0.25) is 0 Å². The minimum Gasteiger partial charge on any atom is -0.143 e. The molecule has 0 aliphatic carbocycles. The third-order valence-corrected chi connectivity index (χ3v) is 1.99. The van der Waals surface area contributed by atoms with Gasteiger partial charge in [0.05, 0.1) is 0 Å². The van der Waals surface area contributed by atoms with Gasteiger partial charge in [0.2, 0.25) is 0 Å². The Morgan fingerprint density at radius 3 is 1.33 bits per heavy atom. The van der Waals surface area contributed by atoms with Gasteiger partial charge in [-0.3, -0.25) is 0 Å². The van der Waals surface area contributed by atoms with Crippen LogP contribution in [-0.4, -0.2) is 0 Å². The van der Waals surface area contributed by atoms with E-state index in [-0.39, 0.29) is 22.4 Å². The molecule has 15 heavy (non-hydrogen) atoms. The maximum atomic E-state index is 4.08. The second-order valence-corrected chi connectivity index (χ2v) is 3.51. The van der Waals surface area contributed by atoms with Gasteiger partial charge in [0, 0.05) is 27.3 Å². The number of thiol groups is 1. The van der Waals surface area contributed by atoms with Crippen LogP contribution >= 0.6 is 12.6 Å². The Balaban J connectivity index is 0.000000245. The quantitative estimate of drug-likeness (QED) is 0.552. The predicted octanol–water partition coefficient (Wildman–Crippen LogP) is 3.97. The molecule has 0 saturated carbocycles. The third-order valence-electron chi connectivity index (χ3n) is 1.70. The summed E-state index contributed by atoms with van der Waals surface area (Å²) in [5, 5.41) is 0. The average Bonchev–Trinajstić information content (AvgIpc) is 2.21. The maximum Gasteiger partial charge on any atom is 0.00399 e. The topological polar surface area (TPSA) is 0 Å². The summed E-state index contributed by atoms with van der Waals surface area (Å²) in [7, 11) is 0. The Bertz CT molecular complexity index is 308. The molecule has 2 rings (SSSR count). The summed E-state index contributed by atoms with van der Waals surface area (Å²) in [6.07, 6.45) is 0. The van der Waals surface area contributed by atoms with Crippen LogP contribution in [0.3, 0.4) is 0 Å². The number of aryl methyl sites for hydroxylation is 1. The van der Waals surface area contributed by atoms with Crippen LogP contribution in [0.1, 0.15) is 5.56 Å². The van der Waals surface area contributed by atoms with Gasteiger partial charge in [-0.25, -0.2) is 0 Å². The van der Waals surface area contributed by atoms with Gasteiger partial charge in [0.15, 0.2) is 0 Å². The first-order valence-corrected chi connectivity index (χ1v) is 4.99. The smallest absolute Gasteiger partial charge is 0.00399 e. The number of hydrogen-bond acceptors (Lipinski definition) is 1. The van der Waals surface area contributed by atoms with Gasteiger partial charge in [0.25, 0.3) is 0 Å². The zero-order valence-electron chi connectivity index (χ0n) is 8.52. The number of hydrogen-bond donors (Lipinski definition) is 1. The maximum absolute atomic E-state index is 4.08. The van der Waals surface area contributed by atoms with Crippen molar-refractivity contribution >= 4 is 12.6 Å². The molecule has 0 nitrogen and oxygen atoms in total. The van der Waals surface area contributed by atoms with Crippen molar-refractivity contribution in [2.24, 2.45) is 0 Å². The molecular formula is C13H14AgS. The molecule has 2 aromatic rings. The van der Waals surface area contributed by atoms with Crippen LogP contribution in [0.15, 0.2) is 65.6 Å². The van der Waals surface area contributed by atoms with Crippen molar-refractivity contribution in [3.63, 3.8) is 0 Å². The van der Waals surface area contributed by atoms with Crippen molar-refractivity contribution in [1.29, 1.82) is 0 Å². The van der Waals surface area contributed by atoms with E-state index in [2.05, 4.69) is 31.7 Å². The van der Waals surface area contributed by atoms with Crippen LogP contribution in [-0.2, 0) is 22.4 Å². The monoisotopic (exact) mass is 309 g/mol. The Hall–Kier alpha value is -0.470. The summed E-state index contributed by atoms with van der Waals surface area (Å²) in [6.45, 7) is 2.08. The van der Waals surface area contributed by atoms with Crippen molar-refractivity contribution < 1.29 is 22.4 Å². The van der Waals surface area contributed by atoms with Gasteiger partial charge in [-0.15, -0.1) is 12.6 Å². The molecule has 0 aromatic heterocycles. The van der Waals surface area contributed by atoms with Crippen molar-refractivity contribution in [3.8, 4) is 0 Å². The Morgan fingerprint density at radius 2 is 1.13 bits per heavy atom. The molecule has 0 amide bonds. The molecule has 0 unspecified atom stereocenters. The first-order valence-electron chi connectivity index (χ1n) is 4.54. The second kappa shape index (κ2) is 8.81. The van der Waals surface area contributed by atoms with Gasteiger partial charge >= 0.3 is 0 Å². The minimum atomic E-state index is 0.